The number of hydrogen-bond acceptors (Lipinski definition) is 4. The Morgan fingerprint density at radius 1 is 0.893 bits per heavy atom. The van der Waals surface area contributed by atoms with E-state index < -0.39 is 16.6 Å². The first-order chi connectivity index (χ1) is 12.1. The molecule has 0 aliphatic carbocycles. The molecule has 0 aliphatic rings. The van der Waals surface area contributed by atoms with Gasteiger partial charge in [0.15, 0.2) is 0 Å². The van der Waals surface area contributed by atoms with Crippen LogP contribution in [0.25, 0.3) is 0 Å². The molecule has 0 fully saturated rings. The van der Waals surface area contributed by atoms with E-state index in [1.165, 1.54) is 0 Å². The van der Waals surface area contributed by atoms with E-state index in [1.807, 2.05) is 34.6 Å². The molecule has 3 unspecified atom stereocenters. The van der Waals surface area contributed by atoms with Gasteiger partial charge in [-0.2, -0.15) is 0 Å². The summed E-state index contributed by atoms with van der Waals surface area (Å²) in [6.07, 6.45) is 1.23. The van der Waals surface area contributed by atoms with Crippen molar-refractivity contribution in [1.82, 2.24) is 0 Å². The second-order valence-electron chi connectivity index (χ2n) is 12.4. The number of aliphatic hydroxyl groups is 1. The van der Waals surface area contributed by atoms with Crippen molar-refractivity contribution < 1.29 is 19.4 Å². The van der Waals surface area contributed by atoms with Gasteiger partial charge in [-0.3, -0.25) is 4.79 Å². The van der Waals surface area contributed by atoms with Crippen molar-refractivity contribution in [2.24, 2.45) is 22.2 Å². The SMILES string of the molecule is CC(CC(C)(C)O)OC(C)(C)C(C)COC(=O)C(C)(CC(C)(C)C)C(C)(C)C. The minimum atomic E-state index is -0.771. The minimum absolute atomic E-state index is 0.0274. The average Bonchev–Trinajstić information content (AvgIpc) is 2.37. The number of carbonyl (C=O) groups is 1. The molecule has 3 atom stereocenters. The second-order valence-corrected chi connectivity index (χ2v) is 12.4. The molecule has 28 heavy (non-hydrogen) atoms. The minimum Gasteiger partial charge on any atom is -0.465 e. The summed E-state index contributed by atoms with van der Waals surface area (Å²) in [5, 5.41) is 10.0. The highest BCUT2D eigenvalue weighted by Gasteiger charge is 2.48. The van der Waals surface area contributed by atoms with Gasteiger partial charge in [0.2, 0.25) is 0 Å². The van der Waals surface area contributed by atoms with Gasteiger partial charge in [0.1, 0.15) is 0 Å². The zero-order chi connectivity index (χ0) is 22.8. The monoisotopic (exact) mass is 400 g/mol. The van der Waals surface area contributed by atoms with E-state index in [9.17, 15) is 9.90 Å². The highest BCUT2D eigenvalue weighted by Crippen LogP contribution is 2.47. The summed E-state index contributed by atoms with van der Waals surface area (Å²) in [6.45, 7) is 26.8. The van der Waals surface area contributed by atoms with Crippen LogP contribution < -0.4 is 0 Å². The highest BCUT2D eigenvalue weighted by molar-refractivity contribution is 5.77. The molecule has 0 aromatic carbocycles. The number of rotatable bonds is 9. The maximum absolute atomic E-state index is 13.1. The summed E-state index contributed by atoms with van der Waals surface area (Å²) in [6, 6.07) is 0. The van der Waals surface area contributed by atoms with Crippen LogP contribution in [0.4, 0.5) is 0 Å². The van der Waals surface area contributed by atoms with Gasteiger partial charge in [-0.1, -0.05) is 48.5 Å². The third kappa shape index (κ3) is 8.82. The summed E-state index contributed by atoms with van der Waals surface area (Å²) in [5.74, 6) is -0.110. The molecule has 4 nitrogen and oxygen atoms in total. The van der Waals surface area contributed by atoms with E-state index >= 15 is 0 Å². The fourth-order valence-corrected chi connectivity index (χ4v) is 3.64. The number of esters is 1. The first kappa shape index (κ1) is 27.4. The first-order valence-corrected chi connectivity index (χ1v) is 10.7. The maximum Gasteiger partial charge on any atom is 0.312 e. The average molecular weight is 401 g/mol. The lowest BCUT2D eigenvalue weighted by molar-refractivity contribution is -0.172. The smallest absolute Gasteiger partial charge is 0.312 e. The van der Waals surface area contributed by atoms with E-state index in [0.29, 0.717) is 13.0 Å². The molecule has 0 amide bonds. The van der Waals surface area contributed by atoms with Crippen LogP contribution in [-0.2, 0) is 14.3 Å². The Hall–Kier alpha value is -0.610. The highest BCUT2D eigenvalue weighted by atomic mass is 16.5. The Balaban J connectivity index is 5.10. The van der Waals surface area contributed by atoms with E-state index in [-0.39, 0.29) is 28.8 Å². The van der Waals surface area contributed by atoms with Gasteiger partial charge in [0.25, 0.3) is 0 Å². The van der Waals surface area contributed by atoms with Crippen molar-refractivity contribution in [3.05, 3.63) is 0 Å². The third-order valence-corrected chi connectivity index (χ3v) is 5.93. The summed E-state index contributed by atoms with van der Waals surface area (Å²) < 4.78 is 12.0. The topological polar surface area (TPSA) is 55.8 Å². The van der Waals surface area contributed by atoms with E-state index in [0.717, 1.165) is 6.42 Å². The lowest BCUT2D eigenvalue weighted by Crippen LogP contribution is -2.46. The van der Waals surface area contributed by atoms with Crippen LogP contribution in [0.2, 0.25) is 0 Å². The third-order valence-electron chi connectivity index (χ3n) is 5.93. The normalized spacial score (nSPS) is 18.4. The molecule has 0 aliphatic heterocycles. The van der Waals surface area contributed by atoms with E-state index in [2.05, 4.69) is 41.5 Å². The van der Waals surface area contributed by atoms with E-state index in [4.69, 9.17) is 9.47 Å². The molecule has 0 aromatic heterocycles. The van der Waals surface area contributed by atoms with Crippen molar-refractivity contribution in [1.29, 1.82) is 0 Å². The Bertz CT molecular complexity index is 502. The molecule has 0 heterocycles. The van der Waals surface area contributed by atoms with Crippen LogP contribution in [0.5, 0.6) is 0 Å². The Labute approximate surface area is 174 Å². The van der Waals surface area contributed by atoms with Crippen molar-refractivity contribution in [2.75, 3.05) is 6.61 Å². The molecule has 0 bridgehead atoms. The molecule has 0 radical (unpaired) electrons. The van der Waals surface area contributed by atoms with E-state index in [1.54, 1.807) is 13.8 Å². The van der Waals surface area contributed by atoms with Crippen LogP contribution >= 0.6 is 0 Å². The molecule has 0 spiro atoms. The van der Waals surface area contributed by atoms with Gasteiger partial charge in [-0.25, -0.2) is 0 Å². The zero-order valence-corrected chi connectivity index (χ0v) is 20.9. The molecule has 1 N–H and O–H groups in total. The summed E-state index contributed by atoms with van der Waals surface area (Å²) in [4.78, 5) is 13.1. The quantitative estimate of drug-likeness (QED) is 0.482. The Kier molecular flexibility index (Phi) is 8.84. The summed E-state index contributed by atoms with van der Waals surface area (Å²) >= 11 is 0. The van der Waals surface area contributed by atoms with Gasteiger partial charge >= 0.3 is 5.97 Å². The van der Waals surface area contributed by atoms with Crippen LogP contribution in [0.15, 0.2) is 0 Å². The molecule has 4 heteroatoms. The molecule has 168 valence electrons. The Morgan fingerprint density at radius 2 is 1.36 bits per heavy atom. The molecule has 0 aromatic rings. The predicted molar refractivity (Wildman–Crippen MR) is 117 cm³/mol. The fourth-order valence-electron chi connectivity index (χ4n) is 3.64. The van der Waals surface area contributed by atoms with Crippen LogP contribution in [-0.4, -0.2) is 35.0 Å². The Morgan fingerprint density at radius 3 is 1.71 bits per heavy atom. The number of carbonyl (C=O) groups excluding carboxylic acids is 1. The molecule has 0 saturated heterocycles. The molecular formula is C24H48O4. The molecule has 0 saturated carbocycles. The lowest BCUT2D eigenvalue weighted by Gasteiger charge is -2.44. The van der Waals surface area contributed by atoms with Gasteiger partial charge in [0.05, 0.1) is 29.3 Å². The van der Waals surface area contributed by atoms with Crippen molar-refractivity contribution >= 4 is 5.97 Å². The van der Waals surface area contributed by atoms with Gasteiger partial charge in [-0.05, 0) is 58.8 Å². The van der Waals surface area contributed by atoms with Crippen molar-refractivity contribution in [3.8, 4) is 0 Å². The van der Waals surface area contributed by atoms with Crippen molar-refractivity contribution in [2.45, 2.75) is 120 Å². The molecule has 0 rings (SSSR count). The fraction of sp³-hybridized carbons (Fsp3) is 0.958. The lowest BCUT2D eigenvalue weighted by atomic mass is 9.61. The van der Waals surface area contributed by atoms with Crippen LogP contribution in [0.3, 0.4) is 0 Å². The molecular weight excluding hydrogens is 352 g/mol. The standard InChI is InChI=1S/C24H48O4/c1-17(23(11,12)28-18(2)14-22(9,10)26)15-27-19(25)24(13,21(6,7)8)16-20(3,4)5/h17-18,26H,14-16H2,1-13H3. The number of hydrogen-bond donors (Lipinski definition) is 1. The van der Waals surface area contributed by atoms with Crippen molar-refractivity contribution in [3.63, 3.8) is 0 Å². The van der Waals surface area contributed by atoms with Gasteiger partial charge in [0, 0.05) is 12.3 Å². The maximum atomic E-state index is 13.1. The summed E-state index contributed by atoms with van der Waals surface area (Å²) in [7, 11) is 0. The predicted octanol–water partition coefficient (Wildman–Crippen LogP) is 6.00. The zero-order valence-electron chi connectivity index (χ0n) is 20.9. The van der Waals surface area contributed by atoms with Gasteiger partial charge in [-0.15, -0.1) is 0 Å². The van der Waals surface area contributed by atoms with Crippen LogP contribution in [0, 0.1) is 22.2 Å². The second kappa shape index (κ2) is 9.04. The van der Waals surface area contributed by atoms with Gasteiger partial charge < -0.3 is 14.6 Å². The van der Waals surface area contributed by atoms with Crippen LogP contribution in [0.1, 0.15) is 103 Å². The first-order valence-electron chi connectivity index (χ1n) is 10.7. The largest absolute Gasteiger partial charge is 0.465 e. The summed E-state index contributed by atoms with van der Waals surface area (Å²) in [5.41, 5.74) is -1.97. The number of ether oxygens (including phenoxy) is 2.